The molecule has 1 aromatic carbocycles. The first kappa shape index (κ1) is 15.2. The van der Waals surface area contributed by atoms with Crippen LogP contribution >= 0.6 is 0 Å². The van der Waals surface area contributed by atoms with Gasteiger partial charge in [-0.2, -0.15) is 5.10 Å². The summed E-state index contributed by atoms with van der Waals surface area (Å²) in [5, 5.41) is 4.49. The first-order valence-electron chi connectivity index (χ1n) is 8.85. The highest BCUT2D eigenvalue weighted by molar-refractivity contribution is 5.93. The average molecular weight is 351 g/mol. The third-order valence-electron chi connectivity index (χ3n) is 5.40. The van der Waals surface area contributed by atoms with Crippen LogP contribution in [0.1, 0.15) is 6.04 Å². The molecule has 0 atom stereocenters. The van der Waals surface area contributed by atoms with Crippen LogP contribution in [0.2, 0.25) is 0 Å². The summed E-state index contributed by atoms with van der Waals surface area (Å²) in [6.07, 6.45) is 3.77. The maximum atomic E-state index is 12.1. The summed E-state index contributed by atoms with van der Waals surface area (Å²) in [4.78, 5) is 22.7. The minimum atomic E-state index is 0.0412. The van der Waals surface area contributed by atoms with Gasteiger partial charge >= 0.3 is 6.03 Å². The van der Waals surface area contributed by atoms with E-state index in [-0.39, 0.29) is 6.03 Å². The molecule has 134 valence electrons. The molecule has 2 amide bonds. The number of likely N-dealkylation sites (N-methyl/N-ethyl adjacent to an activating group) is 1. The molecule has 2 aliphatic heterocycles. The van der Waals surface area contributed by atoms with Gasteiger partial charge in [0.15, 0.2) is 0 Å². The van der Waals surface area contributed by atoms with E-state index in [1.54, 1.807) is 16.0 Å². The van der Waals surface area contributed by atoms with Crippen molar-refractivity contribution in [2.75, 3.05) is 43.0 Å². The van der Waals surface area contributed by atoms with Gasteiger partial charge in [-0.25, -0.2) is 9.78 Å². The molecule has 4 heterocycles. The maximum Gasteiger partial charge on any atom is 0.324 e. The van der Waals surface area contributed by atoms with Crippen LogP contribution in [-0.4, -0.2) is 63.5 Å². The number of anilines is 2. The van der Waals surface area contributed by atoms with Gasteiger partial charge in [0.2, 0.25) is 5.95 Å². The minimum Gasteiger partial charge on any atom is -0.338 e. The summed E-state index contributed by atoms with van der Waals surface area (Å²) >= 11 is 0. The number of aryl methyl sites for hydroxylation is 1. The van der Waals surface area contributed by atoms with Crippen molar-refractivity contribution in [1.29, 1.82) is 0 Å². The van der Waals surface area contributed by atoms with E-state index in [9.17, 15) is 4.79 Å². The largest absolute Gasteiger partial charge is 0.338 e. The van der Waals surface area contributed by atoms with Crippen molar-refractivity contribution in [2.45, 2.75) is 6.04 Å². The normalized spacial score (nSPS) is 18.2. The predicted molar refractivity (Wildman–Crippen MR) is 99.6 cm³/mol. The van der Waals surface area contributed by atoms with Crippen molar-refractivity contribution in [3.63, 3.8) is 0 Å². The van der Waals surface area contributed by atoms with E-state index in [2.05, 4.69) is 27.7 Å². The fraction of sp³-hybridized carbons (Fsp3) is 0.389. The number of benzene rings is 1. The number of carbonyl (C=O) groups is 1. The van der Waals surface area contributed by atoms with Crippen molar-refractivity contribution in [3.8, 4) is 0 Å². The molecule has 5 rings (SSSR count). The zero-order chi connectivity index (χ0) is 17.8. The standard InChI is InChI=1S/C18H21N7O/c1-21-7-8-24(18(21)26)13-9-19-25(12-13)14-10-23(11-14)17-20-15-5-3-4-6-16(15)22(17)2/h3-6,9,12,14H,7-8,10-11H2,1-2H3. The lowest BCUT2D eigenvalue weighted by molar-refractivity contribution is 0.229. The Morgan fingerprint density at radius 3 is 2.65 bits per heavy atom. The fourth-order valence-corrected chi connectivity index (χ4v) is 3.76. The molecule has 2 saturated heterocycles. The van der Waals surface area contributed by atoms with Crippen LogP contribution in [0, 0.1) is 0 Å². The zero-order valence-corrected chi connectivity index (χ0v) is 14.9. The number of amides is 2. The Hall–Kier alpha value is -3.03. The molecule has 0 unspecified atom stereocenters. The molecule has 8 nitrogen and oxygen atoms in total. The molecule has 0 saturated carbocycles. The van der Waals surface area contributed by atoms with Crippen LogP contribution < -0.4 is 9.80 Å². The molecule has 0 bridgehead atoms. The Kier molecular flexibility index (Phi) is 3.22. The number of carbonyl (C=O) groups excluding carboxylic acids is 1. The molecule has 0 radical (unpaired) electrons. The number of imidazole rings is 1. The molecule has 26 heavy (non-hydrogen) atoms. The van der Waals surface area contributed by atoms with E-state index >= 15 is 0 Å². The number of rotatable bonds is 3. The second-order valence-electron chi connectivity index (χ2n) is 7.05. The van der Waals surface area contributed by atoms with Crippen molar-refractivity contribution < 1.29 is 4.79 Å². The molecular weight excluding hydrogens is 330 g/mol. The quantitative estimate of drug-likeness (QED) is 0.721. The molecule has 2 aliphatic rings. The molecule has 2 aromatic heterocycles. The van der Waals surface area contributed by atoms with Crippen molar-refractivity contribution in [1.82, 2.24) is 24.2 Å². The van der Waals surface area contributed by atoms with Crippen LogP contribution in [-0.2, 0) is 7.05 Å². The second kappa shape index (κ2) is 5.48. The maximum absolute atomic E-state index is 12.1. The van der Waals surface area contributed by atoms with E-state index in [1.165, 1.54) is 0 Å². The monoisotopic (exact) mass is 351 g/mol. The zero-order valence-electron chi connectivity index (χ0n) is 14.9. The molecule has 3 aromatic rings. The first-order chi connectivity index (χ1) is 12.6. The highest BCUT2D eigenvalue weighted by Gasteiger charge is 2.33. The number of fused-ring (bicyclic) bond motifs is 1. The van der Waals surface area contributed by atoms with Gasteiger partial charge < -0.3 is 14.4 Å². The number of urea groups is 1. The molecular formula is C18H21N7O. The Morgan fingerprint density at radius 1 is 1.12 bits per heavy atom. The van der Waals surface area contributed by atoms with Gasteiger partial charge in [-0.05, 0) is 12.1 Å². The van der Waals surface area contributed by atoms with Gasteiger partial charge in [0.25, 0.3) is 0 Å². The van der Waals surface area contributed by atoms with E-state index in [0.29, 0.717) is 6.04 Å². The fourth-order valence-electron chi connectivity index (χ4n) is 3.76. The second-order valence-corrected chi connectivity index (χ2v) is 7.05. The third kappa shape index (κ3) is 2.18. The average Bonchev–Trinajstić information content (AvgIpc) is 3.28. The Bertz CT molecular complexity index is 985. The van der Waals surface area contributed by atoms with E-state index < -0.39 is 0 Å². The predicted octanol–water partition coefficient (Wildman–Crippen LogP) is 1.70. The van der Waals surface area contributed by atoms with Gasteiger partial charge in [0.1, 0.15) is 0 Å². The molecule has 0 aliphatic carbocycles. The van der Waals surface area contributed by atoms with E-state index in [1.807, 2.05) is 36.1 Å². The van der Waals surface area contributed by atoms with Crippen LogP contribution in [0.4, 0.5) is 16.4 Å². The number of aromatic nitrogens is 4. The number of para-hydroxylation sites is 2. The number of hydrogen-bond acceptors (Lipinski definition) is 4. The van der Waals surface area contributed by atoms with E-state index in [0.717, 1.165) is 48.8 Å². The molecule has 2 fully saturated rings. The van der Waals surface area contributed by atoms with Gasteiger partial charge in [-0.1, -0.05) is 12.1 Å². The van der Waals surface area contributed by atoms with Crippen LogP contribution in [0.15, 0.2) is 36.7 Å². The smallest absolute Gasteiger partial charge is 0.324 e. The van der Waals surface area contributed by atoms with Crippen LogP contribution in [0.3, 0.4) is 0 Å². The number of nitrogens with zero attached hydrogens (tertiary/aromatic N) is 7. The van der Waals surface area contributed by atoms with Crippen LogP contribution in [0.5, 0.6) is 0 Å². The van der Waals surface area contributed by atoms with Gasteiger partial charge in [-0.15, -0.1) is 0 Å². The Balaban J connectivity index is 1.31. The summed E-state index contributed by atoms with van der Waals surface area (Å²) in [6.45, 7) is 3.21. The molecule has 0 N–H and O–H groups in total. The van der Waals surface area contributed by atoms with Gasteiger partial charge in [0.05, 0.1) is 29.0 Å². The van der Waals surface area contributed by atoms with Crippen molar-refractivity contribution >= 4 is 28.7 Å². The Labute approximate surface area is 151 Å². The lowest BCUT2D eigenvalue weighted by Crippen LogP contribution is -2.49. The third-order valence-corrected chi connectivity index (χ3v) is 5.40. The van der Waals surface area contributed by atoms with Crippen molar-refractivity contribution in [2.24, 2.45) is 7.05 Å². The highest BCUT2D eigenvalue weighted by Crippen LogP contribution is 2.30. The summed E-state index contributed by atoms with van der Waals surface area (Å²) in [5.41, 5.74) is 3.04. The topological polar surface area (TPSA) is 62.4 Å². The van der Waals surface area contributed by atoms with Crippen molar-refractivity contribution in [3.05, 3.63) is 36.7 Å². The summed E-state index contributed by atoms with van der Waals surface area (Å²) in [6, 6.07) is 8.53. The summed E-state index contributed by atoms with van der Waals surface area (Å²) in [5.74, 6) is 0.992. The summed E-state index contributed by atoms with van der Waals surface area (Å²) < 4.78 is 4.11. The number of hydrogen-bond donors (Lipinski definition) is 0. The highest BCUT2D eigenvalue weighted by atomic mass is 16.2. The summed E-state index contributed by atoms with van der Waals surface area (Å²) in [7, 11) is 3.88. The van der Waals surface area contributed by atoms with Gasteiger partial charge in [-0.3, -0.25) is 9.58 Å². The minimum absolute atomic E-state index is 0.0412. The van der Waals surface area contributed by atoms with E-state index in [4.69, 9.17) is 4.98 Å². The lowest BCUT2D eigenvalue weighted by Gasteiger charge is -2.39. The first-order valence-corrected chi connectivity index (χ1v) is 8.85. The SMILES string of the molecule is CN1CCN(c2cnn(C3CN(c4nc5ccccc5n4C)C3)c2)C1=O. The van der Waals surface area contributed by atoms with Crippen LogP contribution in [0.25, 0.3) is 11.0 Å². The Morgan fingerprint density at radius 2 is 1.92 bits per heavy atom. The molecule has 8 heteroatoms. The lowest BCUT2D eigenvalue weighted by atomic mass is 10.1. The molecule has 0 spiro atoms. The van der Waals surface area contributed by atoms with Gasteiger partial charge in [0, 0.05) is 46.5 Å².